The van der Waals surface area contributed by atoms with E-state index in [0.717, 1.165) is 19.3 Å². The van der Waals surface area contributed by atoms with Gasteiger partial charge >= 0.3 is 0 Å². The summed E-state index contributed by atoms with van der Waals surface area (Å²) in [5.41, 5.74) is 6.05. The van der Waals surface area contributed by atoms with Crippen LogP contribution in [0.25, 0.3) is 0 Å². The minimum atomic E-state index is -0.0557. The van der Waals surface area contributed by atoms with Crippen molar-refractivity contribution in [2.45, 2.75) is 63.3 Å². The normalized spacial score (nSPS) is 28.0. The number of allylic oxidation sites excluding steroid dienone is 1. The number of nitrogens with two attached hydrogens (primary N) is 1. The molecule has 0 heterocycles. The first-order valence-corrected chi connectivity index (χ1v) is 7.12. The lowest BCUT2D eigenvalue weighted by molar-refractivity contribution is 0.254. The second kappa shape index (κ2) is 6.45. The van der Waals surface area contributed by atoms with Crippen molar-refractivity contribution in [2.24, 2.45) is 5.73 Å². The van der Waals surface area contributed by atoms with Gasteiger partial charge < -0.3 is 11.1 Å². The third-order valence-electron chi connectivity index (χ3n) is 2.66. The molecular weight excluding hydrogens is 232 g/mol. The molecule has 0 spiro atoms. The van der Waals surface area contributed by atoms with E-state index in [9.17, 15) is 4.79 Å². The molecule has 1 rings (SSSR count). The summed E-state index contributed by atoms with van der Waals surface area (Å²) in [5, 5.41) is 3.07. The fourth-order valence-corrected chi connectivity index (χ4v) is 2.60. The van der Waals surface area contributed by atoms with Crippen LogP contribution in [-0.2, 0) is 0 Å². The molecule has 0 aliphatic heterocycles. The molecular formula is C13H24N2OS. The first-order chi connectivity index (χ1) is 7.88. The fraction of sp³-hybridized carbons (Fsp3) is 0.769. The van der Waals surface area contributed by atoms with Crippen LogP contribution in [0.2, 0.25) is 0 Å². The van der Waals surface area contributed by atoms with Crippen LogP contribution in [0.1, 0.15) is 46.5 Å². The summed E-state index contributed by atoms with van der Waals surface area (Å²) in [5.74, 6) is 0. The number of thioether (sulfide) groups is 1. The van der Waals surface area contributed by atoms with Crippen LogP contribution < -0.4 is 11.1 Å². The van der Waals surface area contributed by atoms with Crippen molar-refractivity contribution >= 4 is 17.0 Å². The monoisotopic (exact) mass is 256 g/mol. The molecule has 1 aliphatic rings. The quantitative estimate of drug-likeness (QED) is 0.709. The summed E-state index contributed by atoms with van der Waals surface area (Å²) in [6.45, 7) is 6.11. The van der Waals surface area contributed by atoms with Gasteiger partial charge in [-0.2, -0.15) is 0 Å². The van der Waals surface area contributed by atoms with E-state index in [1.54, 1.807) is 0 Å². The Labute approximate surface area is 109 Å². The van der Waals surface area contributed by atoms with Crippen LogP contribution in [0.4, 0.5) is 4.79 Å². The zero-order chi connectivity index (χ0) is 12.9. The minimum absolute atomic E-state index is 0.0342. The van der Waals surface area contributed by atoms with Gasteiger partial charge in [0.15, 0.2) is 0 Å². The topological polar surface area (TPSA) is 55.1 Å². The molecule has 0 bridgehead atoms. The Morgan fingerprint density at radius 1 is 1.41 bits per heavy atom. The Bertz CT molecular complexity index is 284. The molecule has 2 atom stereocenters. The van der Waals surface area contributed by atoms with Crippen molar-refractivity contribution in [3.63, 3.8) is 0 Å². The summed E-state index contributed by atoms with van der Waals surface area (Å²) in [4.78, 5) is 11.8. The van der Waals surface area contributed by atoms with Gasteiger partial charge in [0.25, 0.3) is 5.24 Å². The highest BCUT2D eigenvalue weighted by molar-refractivity contribution is 8.14. The molecule has 0 aromatic rings. The molecule has 98 valence electrons. The maximum atomic E-state index is 11.8. The second-order valence-electron chi connectivity index (χ2n) is 5.54. The van der Waals surface area contributed by atoms with Gasteiger partial charge in [-0.1, -0.05) is 51.1 Å². The smallest absolute Gasteiger partial charge is 0.279 e. The number of hydrogen-bond donors (Lipinski definition) is 2. The van der Waals surface area contributed by atoms with Crippen LogP contribution in [-0.4, -0.2) is 22.1 Å². The number of carbonyl (C=O) groups is 1. The Morgan fingerprint density at radius 2 is 2.12 bits per heavy atom. The first kappa shape index (κ1) is 14.6. The van der Waals surface area contributed by atoms with E-state index in [2.05, 4.69) is 11.4 Å². The highest BCUT2D eigenvalue weighted by atomic mass is 32.2. The molecule has 0 unspecified atom stereocenters. The van der Waals surface area contributed by atoms with E-state index in [0.29, 0.717) is 0 Å². The van der Waals surface area contributed by atoms with Gasteiger partial charge in [0.2, 0.25) is 0 Å². The van der Waals surface area contributed by atoms with Crippen LogP contribution >= 0.6 is 11.8 Å². The minimum Gasteiger partial charge on any atom is -0.342 e. The summed E-state index contributed by atoms with van der Waals surface area (Å²) in [6, 6.07) is 0.0220. The van der Waals surface area contributed by atoms with Crippen molar-refractivity contribution in [1.29, 1.82) is 0 Å². The molecule has 0 fully saturated rings. The largest absolute Gasteiger partial charge is 0.342 e. The molecule has 3 N–H and O–H groups in total. The van der Waals surface area contributed by atoms with E-state index in [1.807, 2.05) is 26.8 Å². The van der Waals surface area contributed by atoms with Crippen LogP contribution in [0.5, 0.6) is 0 Å². The van der Waals surface area contributed by atoms with Crippen molar-refractivity contribution in [3.8, 4) is 0 Å². The van der Waals surface area contributed by atoms with Crippen LogP contribution in [0.3, 0.4) is 0 Å². The number of nitrogens with one attached hydrogen (secondary N) is 1. The third-order valence-corrected chi connectivity index (χ3v) is 3.58. The zero-order valence-corrected chi connectivity index (χ0v) is 11.8. The van der Waals surface area contributed by atoms with Gasteiger partial charge in [0, 0.05) is 16.8 Å². The Balaban J connectivity index is 2.50. The van der Waals surface area contributed by atoms with E-state index < -0.39 is 0 Å². The van der Waals surface area contributed by atoms with Crippen LogP contribution in [0, 0.1) is 0 Å². The Hall–Kier alpha value is -0.480. The number of amides is 1. The van der Waals surface area contributed by atoms with E-state index in [-0.39, 0.29) is 22.1 Å². The first-order valence-electron chi connectivity index (χ1n) is 6.30. The molecule has 0 aromatic heterocycles. The average molecular weight is 256 g/mol. The predicted molar refractivity (Wildman–Crippen MR) is 75.2 cm³/mol. The molecule has 3 nitrogen and oxygen atoms in total. The van der Waals surface area contributed by atoms with Gasteiger partial charge in [0.1, 0.15) is 0 Å². The van der Waals surface area contributed by atoms with Gasteiger partial charge in [-0.15, -0.1) is 0 Å². The van der Waals surface area contributed by atoms with Gasteiger partial charge in [0.05, 0.1) is 0 Å². The van der Waals surface area contributed by atoms with Crippen molar-refractivity contribution < 1.29 is 4.79 Å². The Morgan fingerprint density at radius 3 is 2.76 bits per heavy atom. The van der Waals surface area contributed by atoms with Crippen molar-refractivity contribution in [3.05, 3.63) is 12.2 Å². The van der Waals surface area contributed by atoms with Gasteiger partial charge in [-0.3, -0.25) is 4.79 Å². The highest BCUT2D eigenvalue weighted by Gasteiger charge is 2.22. The molecule has 4 heteroatoms. The lowest BCUT2D eigenvalue weighted by Gasteiger charge is -2.26. The molecule has 0 saturated heterocycles. The predicted octanol–water partition coefficient (Wildman–Crippen LogP) is 3.05. The second-order valence-corrected chi connectivity index (χ2v) is 7.34. The van der Waals surface area contributed by atoms with Crippen molar-refractivity contribution in [1.82, 2.24) is 5.32 Å². The average Bonchev–Trinajstić information content (AvgIpc) is 2.15. The molecule has 17 heavy (non-hydrogen) atoms. The molecule has 0 radical (unpaired) electrons. The molecule has 1 aliphatic carbocycles. The number of carbonyl (C=O) groups excluding carboxylic acids is 1. The highest BCUT2D eigenvalue weighted by Crippen LogP contribution is 2.24. The van der Waals surface area contributed by atoms with E-state index in [4.69, 9.17) is 5.73 Å². The van der Waals surface area contributed by atoms with Crippen LogP contribution in [0.15, 0.2) is 12.2 Å². The lowest BCUT2D eigenvalue weighted by atomic mass is 9.98. The Kier molecular flexibility index (Phi) is 5.53. The molecule has 0 aromatic carbocycles. The standard InChI is InChI=1S/C13H24N2OS/c1-13(2,3)17-12(16)15-11-9-7-5-4-6-8-10(11)14/h6,8,10-11H,4-5,7,9,14H2,1-3H3,(H,15,16)/b8-6+/t10-,11+/m0/s1. The fourth-order valence-electron chi connectivity index (χ4n) is 1.83. The maximum absolute atomic E-state index is 11.8. The number of rotatable bonds is 1. The lowest BCUT2D eigenvalue weighted by Crippen LogP contribution is -2.46. The molecule has 0 saturated carbocycles. The van der Waals surface area contributed by atoms with E-state index >= 15 is 0 Å². The maximum Gasteiger partial charge on any atom is 0.279 e. The number of hydrogen-bond acceptors (Lipinski definition) is 3. The SMILES string of the molecule is CC(C)(C)SC(=O)N[C@@H]1CCCC/C=C/[C@@H]1N. The third kappa shape index (κ3) is 6.13. The van der Waals surface area contributed by atoms with Gasteiger partial charge in [-0.25, -0.2) is 0 Å². The van der Waals surface area contributed by atoms with Crippen molar-refractivity contribution in [2.75, 3.05) is 0 Å². The summed E-state index contributed by atoms with van der Waals surface area (Å²) in [6.07, 6.45) is 8.53. The van der Waals surface area contributed by atoms with E-state index in [1.165, 1.54) is 18.2 Å². The summed E-state index contributed by atoms with van der Waals surface area (Å²) in [7, 11) is 0. The summed E-state index contributed by atoms with van der Waals surface area (Å²) >= 11 is 1.33. The zero-order valence-electron chi connectivity index (χ0n) is 11.0. The summed E-state index contributed by atoms with van der Waals surface area (Å²) < 4.78 is -0.0500. The van der Waals surface area contributed by atoms with Gasteiger partial charge in [-0.05, 0) is 19.3 Å². The molecule has 1 amide bonds.